The Kier molecular flexibility index (Phi) is 6.15. The minimum atomic E-state index is -0.997. The lowest BCUT2D eigenvalue weighted by Crippen LogP contribution is -2.47. The van der Waals surface area contributed by atoms with Crippen molar-refractivity contribution in [2.24, 2.45) is 5.41 Å². The predicted octanol–water partition coefficient (Wildman–Crippen LogP) is -0.125. The largest absolute Gasteiger partial charge is 0.481 e. The van der Waals surface area contributed by atoms with Crippen molar-refractivity contribution >= 4 is 17.9 Å². The maximum absolute atomic E-state index is 11.6. The van der Waals surface area contributed by atoms with Gasteiger partial charge < -0.3 is 20.6 Å². The zero-order valence-corrected chi connectivity index (χ0v) is 11.2. The van der Waals surface area contributed by atoms with Gasteiger partial charge in [-0.3, -0.25) is 9.59 Å². The first-order valence-corrected chi connectivity index (χ1v) is 5.69. The van der Waals surface area contributed by atoms with E-state index in [1.54, 1.807) is 13.8 Å². The van der Waals surface area contributed by atoms with Crippen LogP contribution >= 0.6 is 0 Å². The summed E-state index contributed by atoms with van der Waals surface area (Å²) in [5.41, 5.74) is -0.997. The molecule has 0 rings (SSSR count). The van der Waals surface area contributed by atoms with E-state index in [0.29, 0.717) is 6.42 Å². The Balaban J connectivity index is 4.33. The Bertz CT molecular complexity index is 332. The van der Waals surface area contributed by atoms with Gasteiger partial charge in [-0.25, -0.2) is 4.79 Å². The predicted molar refractivity (Wildman–Crippen MR) is 66.1 cm³/mol. The number of aliphatic carboxylic acids is 1. The van der Waals surface area contributed by atoms with Gasteiger partial charge in [-0.05, 0) is 13.3 Å². The van der Waals surface area contributed by atoms with Gasteiger partial charge in [0.05, 0.1) is 5.41 Å². The molecule has 7 nitrogen and oxygen atoms in total. The van der Waals surface area contributed by atoms with Crippen LogP contribution in [0, 0.1) is 5.41 Å². The topological polar surface area (TPSA) is 98.7 Å². The number of hydrogen-bond acceptors (Lipinski definition) is 3. The molecule has 0 aromatic rings. The van der Waals surface area contributed by atoms with Gasteiger partial charge in [0.25, 0.3) is 0 Å². The maximum atomic E-state index is 11.6. The van der Waals surface area contributed by atoms with Crippen molar-refractivity contribution in [3.63, 3.8) is 0 Å². The Morgan fingerprint density at radius 3 is 2.28 bits per heavy atom. The molecule has 0 aromatic carbocycles. The van der Waals surface area contributed by atoms with E-state index in [9.17, 15) is 14.4 Å². The summed E-state index contributed by atoms with van der Waals surface area (Å²) in [7, 11) is 2.95. The molecule has 0 saturated heterocycles. The second kappa shape index (κ2) is 6.83. The summed E-state index contributed by atoms with van der Waals surface area (Å²) in [6.45, 7) is 3.26. The summed E-state index contributed by atoms with van der Waals surface area (Å²) in [6, 6.07) is -0.473. The number of amides is 3. The molecule has 0 heterocycles. The average molecular weight is 259 g/mol. The van der Waals surface area contributed by atoms with E-state index in [0.717, 1.165) is 0 Å². The fourth-order valence-corrected chi connectivity index (χ4v) is 1.12. The Morgan fingerprint density at radius 1 is 1.33 bits per heavy atom. The van der Waals surface area contributed by atoms with E-state index in [1.807, 2.05) is 0 Å². The highest BCUT2D eigenvalue weighted by Gasteiger charge is 2.31. The fourth-order valence-electron chi connectivity index (χ4n) is 1.12. The zero-order valence-electron chi connectivity index (χ0n) is 11.2. The van der Waals surface area contributed by atoms with E-state index in [1.165, 1.54) is 19.0 Å². The lowest BCUT2D eigenvalue weighted by Gasteiger charge is -2.25. The SMILES string of the molecule is CCC(C)(CNC(=O)N(C)CC(=O)NC)C(=O)O. The molecule has 1 unspecified atom stereocenters. The molecule has 0 saturated carbocycles. The summed E-state index contributed by atoms with van der Waals surface area (Å²) >= 11 is 0. The molecule has 0 radical (unpaired) electrons. The van der Waals surface area contributed by atoms with Crippen molar-refractivity contribution in [3.8, 4) is 0 Å². The smallest absolute Gasteiger partial charge is 0.317 e. The van der Waals surface area contributed by atoms with Crippen LogP contribution in [0.1, 0.15) is 20.3 Å². The Morgan fingerprint density at radius 2 is 1.89 bits per heavy atom. The quantitative estimate of drug-likeness (QED) is 0.619. The number of carboxylic acids is 1. The summed E-state index contributed by atoms with van der Waals surface area (Å²) in [4.78, 5) is 34.9. The van der Waals surface area contributed by atoms with Gasteiger partial charge in [0.15, 0.2) is 0 Å². The lowest BCUT2D eigenvalue weighted by atomic mass is 9.88. The van der Waals surface area contributed by atoms with E-state index >= 15 is 0 Å². The van der Waals surface area contributed by atoms with E-state index in [4.69, 9.17) is 5.11 Å². The summed E-state index contributed by atoms with van der Waals surface area (Å²) in [5.74, 6) is -1.25. The van der Waals surface area contributed by atoms with Crippen LogP contribution in [-0.2, 0) is 9.59 Å². The Labute approximate surface area is 107 Å². The molecule has 0 spiro atoms. The normalized spacial score (nSPS) is 13.3. The summed E-state index contributed by atoms with van der Waals surface area (Å²) in [6.07, 6.45) is 0.405. The number of carbonyl (C=O) groups excluding carboxylic acids is 2. The first-order valence-electron chi connectivity index (χ1n) is 5.69. The molecule has 0 aromatic heterocycles. The first kappa shape index (κ1) is 16.2. The van der Waals surface area contributed by atoms with Crippen molar-refractivity contribution in [3.05, 3.63) is 0 Å². The number of rotatable bonds is 6. The molecule has 3 amide bonds. The van der Waals surface area contributed by atoms with Crippen molar-refractivity contribution in [1.29, 1.82) is 0 Å². The number of nitrogens with one attached hydrogen (secondary N) is 2. The summed E-state index contributed by atoms with van der Waals surface area (Å²) < 4.78 is 0. The molecule has 0 aliphatic heterocycles. The number of carbonyl (C=O) groups is 3. The summed E-state index contributed by atoms with van der Waals surface area (Å²) in [5, 5.41) is 13.9. The molecular formula is C11H21N3O4. The van der Waals surface area contributed by atoms with Crippen LogP contribution in [0.5, 0.6) is 0 Å². The molecule has 0 fully saturated rings. The van der Waals surface area contributed by atoms with Gasteiger partial charge in [-0.1, -0.05) is 6.92 Å². The third-order valence-corrected chi connectivity index (χ3v) is 2.93. The minimum Gasteiger partial charge on any atom is -0.481 e. The number of hydrogen-bond donors (Lipinski definition) is 3. The number of urea groups is 1. The second-order valence-corrected chi connectivity index (χ2v) is 4.41. The lowest BCUT2D eigenvalue weighted by molar-refractivity contribution is -0.147. The molecular weight excluding hydrogens is 238 g/mol. The van der Waals surface area contributed by atoms with Gasteiger partial charge in [-0.15, -0.1) is 0 Å². The van der Waals surface area contributed by atoms with Crippen LogP contribution in [0.4, 0.5) is 4.79 Å². The Hall–Kier alpha value is -1.79. The average Bonchev–Trinajstić information content (AvgIpc) is 2.34. The number of nitrogens with zero attached hydrogens (tertiary/aromatic N) is 1. The first-order chi connectivity index (χ1) is 8.26. The van der Waals surface area contributed by atoms with Gasteiger partial charge in [0.1, 0.15) is 6.54 Å². The highest BCUT2D eigenvalue weighted by molar-refractivity contribution is 5.84. The van der Waals surface area contributed by atoms with Gasteiger partial charge in [0, 0.05) is 20.6 Å². The van der Waals surface area contributed by atoms with E-state index in [2.05, 4.69) is 10.6 Å². The van der Waals surface area contributed by atoms with E-state index in [-0.39, 0.29) is 19.0 Å². The van der Waals surface area contributed by atoms with Crippen LogP contribution < -0.4 is 10.6 Å². The standard InChI is InChI=1S/C11H21N3O4/c1-5-11(2,9(16)17)7-13-10(18)14(4)6-8(15)12-3/h5-7H2,1-4H3,(H,12,15)(H,13,18)(H,16,17). The molecule has 0 bridgehead atoms. The third-order valence-electron chi connectivity index (χ3n) is 2.93. The van der Waals surface area contributed by atoms with Gasteiger partial charge >= 0.3 is 12.0 Å². The van der Waals surface area contributed by atoms with E-state index < -0.39 is 17.4 Å². The molecule has 7 heteroatoms. The molecule has 0 aliphatic carbocycles. The van der Waals surface area contributed by atoms with Crippen LogP contribution in [0.2, 0.25) is 0 Å². The molecule has 3 N–H and O–H groups in total. The van der Waals surface area contributed by atoms with Crippen LogP contribution in [0.3, 0.4) is 0 Å². The molecule has 0 aliphatic rings. The highest BCUT2D eigenvalue weighted by atomic mass is 16.4. The molecule has 1 atom stereocenters. The monoisotopic (exact) mass is 259 g/mol. The zero-order chi connectivity index (χ0) is 14.3. The van der Waals surface area contributed by atoms with Crippen LogP contribution in [0.15, 0.2) is 0 Å². The van der Waals surface area contributed by atoms with Crippen molar-refractivity contribution in [2.45, 2.75) is 20.3 Å². The number of likely N-dealkylation sites (N-methyl/N-ethyl adjacent to an activating group) is 2. The molecule has 104 valence electrons. The molecule has 18 heavy (non-hydrogen) atoms. The maximum Gasteiger partial charge on any atom is 0.317 e. The third kappa shape index (κ3) is 4.60. The number of carboxylic acid groups (broad SMARTS) is 1. The van der Waals surface area contributed by atoms with Gasteiger partial charge in [-0.2, -0.15) is 0 Å². The van der Waals surface area contributed by atoms with Crippen molar-refractivity contribution < 1.29 is 19.5 Å². The fraction of sp³-hybridized carbons (Fsp3) is 0.727. The van der Waals surface area contributed by atoms with Crippen LogP contribution in [-0.4, -0.2) is 55.1 Å². The highest BCUT2D eigenvalue weighted by Crippen LogP contribution is 2.19. The second-order valence-electron chi connectivity index (χ2n) is 4.41. The van der Waals surface area contributed by atoms with Gasteiger partial charge in [0.2, 0.25) is 5.91 Å². The minimum absolute atomic E-state index is 0.0236. The van der Waals surface area contributed by atoms with Crippen LogP contribution in [0.25, 0.3) is 0 Å². The van der Waals surface area contributed by atoms with Crippen molar-refractivity contribution in [2.75, 3.05) is 27.2 Å². The van der Waals surface area contributed by atoms with Crippen molar-refractivity contribution in [1.82, 2.24) is 15.5 Å².